The molecule has 0 bridgehead atoms. The number of benzene rings is 2. The fourth-order valence-corrected chi connectivity index (χ4v) is 4.73. The number of likely N-dealkylation sites (N-methyl/N-ethyl adjacent to an activating group) is 1. The zero-order chi connectivity index (χ0) is 17.7. The minimum Gasteiger partial charge on any atom is -0.320 e. The first-order valence-electron chi connectivity index (χ1n) is 9.80. The van der Waals surface area contributed by atoms with Crippen molar-refractivity contribution < 1.29 is 0 Å². The highest BCUT2D eigenvalue weighted by atomic mass is 15.1. The standard InChI is InChI=1S/C24H26N2/c1-17-10-11-23-21(14-17)22-16-25(2)13-12-24(22)26(23)15-19-8-5-7-18-6-3-4-9-20(18)19/h3-4,6,9-11,14-15H,5,7-8,12-13,16H2,1-2H3/b19-15+. The smallest absolute Gasteiger partial charge is 0.0529 e. The maximum atomic E-state index is 2.51. The summed E-state index contributed by atoms with van der Waals surface area (Å²) in [6, 6.07) is 15.9. The van der Waals surface area contributed by atoms with E-state index in [1.165, 1.54) is 63.7 Å². The van der Waals surface area contributed by atoms with Crippen molar-refractivity contribution in [3.8, 4) is 0 Å². The zero-order valence-corrected chi connectivity index (χ0v) is 15.8. The fraction of sp³-hybridized carbons (Fsp3) is 0.333. The van der Waals surface area contributed by atoms with Crippen LogP contribution in [0.1, 0.15) is 40.8 Å². The average molecular weight is 342 g/mol. The highest BCUT2D eigenvalue weighted by molar-refractivity contribution is 5.91. The predicted octanol–water partition coefficient (Wildman–Crippen LogP) is 5.27. The van der Waals surface area contributed by atoms with Gasteiger partial charge in [0, 0.05) is 36.8 Å². The third-order valence-corrected chi connectivity index (χ3v) is 6.07. The lowest BCUT2D eigenvalue weighted by Gasteiger charge is -2.24. The van der Waals surface area contributed by atoms with E-state index >= 15 is 0 Å². The number of aryl methyl sites for hydroxylation is 2. The lowest BCUT2D eigenvalue weighted by molar-refractivity contribution is 0.312. The molecule has 0 radical (unpaired) electrons. The van der Waals surface area contributed by atoms with E-state index in [0.717, 1.165) is 19.5 Å². The molecule has 0 saturated heterocycles. The van der Waals surface area contributed by atoms with Crippen LogP contribution in [0, 0.1) is 6.92 Å². The molecule has 0 amide bonds. The summed E-state index contributed by atoms with van der Waals surface area (Å²) in [5.74, 6) is 0. The second-order valence-electron chi connectivity index (χ2n) is 7.97. The van der Waals surface area contributed by atoms with Crippen molar-refractivity contribution in [3.63, 3.8) is 0 Å². The molecule has 1 aliphatic carbocycles. The van der Waals surface area contributed by atoms with Crippen LogP contribution in [0.5, 0.6) is 0 Å². The van der Waals surface area contributed by atoms with Gasteiger partial charge in [-0.15, -0.1) is 0 Å². The van der Waals surface area contributed by atoms with E-state index in [1.54, 1.807) is 0 Å². The zero-order valence-electron chi connectivity index (χ0n) is 15.8. The van der Waals surface area contributed by atoms with Crippen molar-refractivity contribution >= 4 is 22.7 Å². The Balaban J connectivity index is 1.74. The summed E-state index contributed by atoms with van der Waals surface area (Å²) in [5, 5.41) is 1.44. The fourth-order valence-electron chi connectivity index (χ4n) is 4.73. The van der Waals surface area contributed by atoms with E-state index in [9.17, 15) is 0 Å². The van der Waals surface area contributed by atoms with Crippen molar-refractivity contribution in [2.45, 2.75) is 39.2 Å². The van der Waals surface area contributed by atoms with Crippen LogP contribution >= 0.6 is 0 Å². The van der Waals surface area contributed by atoms with E-state index in [4.69, 9.17) is 0 Å². The van der Waals surface area contributed by atoms with Gasteiger partial charge < -0.3 is 9.47 Å². The van der Waals surface area contributed by atoms with Gasteiger partial charge in [-0.25, -0.2) is 0 Å². The number of nitrogens with zero attached hydrogens (tertiary/aromatic N) is 2. The first-order valence-corrected chi connectivity index (χ1v) is 9.80. The third-order valence-electron chi connectivity index (χ3n) is 6.07. The quantitative estimate of drug-likeness (QED) is 0.585. The van der Waals surface area contributed by atoms with Crippen LogP contribution < -0.4 is 0 Å². The normalized spacial score (nSPS) is 18.9. The number of aromatic nitrogens is 1. The monoisotopic (exact) mass is 342 g/mol. The summed E-state index contributed by atoms with van der Waals surface area (Å²) < 4.78 is 2.51. The van der Waals surface area contributed by atoms with E-state index < -0.39 is 0 Å². The molecule has 132 valence electrons. The predicted molar refractivity (Wildman–Crippen MR) is 110 cm³/mol. The molecule has 0 fully saturated rings. The Labute approximate surface area is 155 Å². The highest BCUT2D eigenvalue weighted by Crippen LogP contribution is 2.35. The molecule has 26 heavy (non-hydrogen) atoms. The molecule has 5 rings (SSSR count). The molecule has 0 atom stereocenters. The third kappa shape index (κ3) is 2.52. The van der Waals surface area contributed by atoms with Crippen LogP contribution in [-0.2, 0) is 19.4 Å². The summed E-state index contributed by atoms with van der Waals surface area (Å²) in [5.41, 5.74) is 10.2. The van der Waals surface area contributed by atoms with Crippen LogP contribution in [0.4, 0.5) is 0 Å². The topological polar surface area (TPSA) is 8.17 Å². The molecule has 0 N–H and O–H groups in total. The van der Waals surface area contributed by atoms with E-state index in [0.29, 0.717) is 0 Å². The highest BCUT2D eigenvalue weighted by Gasteiger charge is 2.22. The molecule has 2 heteroatoms. The Bertz CT molecular complexity index is 1020. The van der Waals surface area contributed by atoms with Gasteiger partial charge in [-0.2, -0.15) is 0 Å². The number of allylic oxidation sites excluding steroid dienone is 1. The van der Waals surface area contributed by atoms with Gasteiger partial charge in [-0.1, -0.05) is 35.9 Å². The van der Waals surface area contributed by atoms with Gasteiger partial charge in [-0.3, -0.25) is 0 Å². The maximum Gasteiger partial charge on any atom is 0.0529 e. The summed E-state index contributed by atoms with van der Waals surface area (Å²) >= 11 is 0. The molecular formula is C24H26N2. The Kier molecular flexibility index (Phi) is 3.75. The number of hydrogen-bond acceptors (Lipinski definition) is 1. The van der Waals surface area contributed by atoms with Gasteiger partial charge in [0.05, 0.1) is 5.52 Å². The summed E-state index contributed by atoms with van der Waals surface area (Å²) in [7, 11) is 2.23. The first kappa shape index (κ1) is 15.9. The van der Waals surface area contributed by atoms with Crippen molar-refractivity contribution in [1.82, 2.24) is 9.47 Å². The van der Waals surface area contributed by atoms with E-state index in [2.05, 4.69) is 72.1 Å². The van der Waals surface area contributed by atoms with Crippen LogP contribution in [0.15, 0.2) is 42.5 Å². The van der Waals surface area contributed by atoms with E-state index in [-0.39, 0.29) is 0 Å². The van der Waals surface area contributed by atoms with Crippen molar-refractivity contribution in [2.24, 2.45) is 0 Å². The molecule has 0 spiro atoms. The Morgan fingerprint density at radius 3 is 2.81 bits per heavy atom. The van der Waals surface area contributed by atoms with Gasteiger partial charge in [0.2, 0.25) is 0 Å². The molecule has 2 aliphatic rings. The van der Waals surface area contributed by atoms with Crippen molar-refractivity contribution in [3.05, 3.63) is 70.4 Å². The van der Waals surface area contributed by atoms with Gasteiger partial charge >= 0.3 is 0 Å². The average Bonchev–Trinajstić information content (AvgIpc) is 2.94. The summed E-state index contributed by atoms with van der Waals surface area (Å²) in [6.07, 6.45) is 7.22. The molecular weight excluding hydrogens is 316 g/mol. The Hall–Kier alpha value is -2.32. The number of rotatable bonds is 1. The van der Waals surface area contributed by atoms with Gasteiger partial charge in [0.1, 0.15) is 0 Å². The number of hydrogen-bond donors (Lipinski definition) is 0. The Morgan fingerprint density at radius 1 is 1.00 bits per heavy atom. The molecule has 2 heterocycles. The second kappa shape index (κ2) is 6.14. The number of fused-ring (bicyclic) bond motifs is 4. The molecule has 1 aromatic heterocycles. The van der Waals surface area contributed by atoms with E-state index in [1.807, 2.05) is 0 Å². The van der Waals surface area contributed by atoms with Crippen LogP contribution in [0.3, 0.4) is 0 Å². The molecule has 1 aliphatic heterocycles. The SMILES string of the molecule is Cc1ccc2c(c1)c1c(n2/C=C2\CCCc3ccccc32)CCN(C)C1. The van der Waals surface area contributed by atoms with Crippen LogP contribution in [-0.4, -0.2) is 23.1 Å². The maximum absolute atomic E-state index is 2.51. The van der Waals surface area contributed by atoms with Gasteiger partial charge in [-0.05, 0) is 67.6 Å². The molecule has 2 nitrogen and oxygen atoms in total. The Morgan fingerprint density at radius 2 is 1.88 bits per heavy atom. The van der Waals surface area contributed by atoms with Crippen molar-refractivity contribution in [2.75, 3.05) is 13.6 Å². The molecule has 3 aromatic rings. The summed E-state index contributed by atoms with van der Waals surface area (Å²) in [4.78, 5) is 2.44. The molecule has 0 saturated carbocycles. The lowest BCUT2D eigenvalue weighted by Crippen LogP contribution is -2.26. The van der Waals surface area contributed by atoms with Crippen LogP contribution in [0.25, 0.3) is 22.7 Å². The minimum atomic E-state index is 1.06. The molecule has 2 aromatic carbocycles. The minimum absolute atomic E-state index is 1.06. The van der Waals surface area contributed by atoms with Crippen LogP contribution in [0.2, 0.25) is 0 Å². The lowest BCUT2D eigenvalue weighted by atomic mass is 9.88. The first-order chi connectivity index (χ1) is 12.7. The van der Waals surface area contributed by atoms with Gasteiger partial charge in [0.15, 0.2) is 0 Å². The summed E-state index contributed by atoms with van der Waals surface area (Å²) in [6.45, 7) is 4.40. The van der Waals surface area contributed by atoms with Gasteiger partial charge in [0.25, 0.3) is 0 Å². The second-order valence-corrected chi connectivity index (χ2v) is 7.97. The molecule has 0 unspecified atom stereocenters. The van der Waals surface area contributed by atoms with Crippen molar-refractivity contribution in [1.29, 1.82) is 0 Å². The largest absolute Gasteiger partial charge is 0.320 e.